The minimum absolute atomic E-state index is 0.202. The average Bonchev–Trinajstić information content (AvgIpc) is 2.75. The minimum Gasteiger partial charge on any atom is -0.497 e. The van der Waals surface area contributed by atoms with Gasteiger partial charge in [0.1, 0.15) is 22.7 Å². The normalized spacial score (nSPS) is 11.4. The van der Waals surface area contributed by atoms with E-state index in [2.05, 4.69) is 21.4 Å². The molecule has 2 aromatic heterocycles. The van der Waals surface area contributed by atoms with Crippen molar-refractivity contribution in [2.45, 2.75) is 24.1 Å². The summed E-state index contributed by atoms with van der Waals surface area (Å²) in [6, 6.07) is 16.8. The first kappa shape index (κ1) is 20.4. The van der Waals surface area contributed by atoms with E-state index in [9.17, 15) is 10.1 Å². The summed E-state index contributed by atoms with van der Waals surface area (Å²) in [7, 11) is 1.61. The van der Waals surface area contributed by atoms with Crippen molar-refractivity contribution >= 4 is 23.5 Å². The summed E-state index contributed by atoms with van der Waals surface area (Å²) in [6.45, 7) is 3.71. The molecule has 3 rings (SSSR count). The zero-order chi connectivity index (χ0) is 20.8. The van der Waals surface area contributed by atoms with E-state index in [1.165, 1.54) is 11.8 Å². The van der Waals surface area contributed by atoms with Crippen LogP contribution in [0, 0.1) is 18.3 Å². The third-order valence-corrected chi connectivity index (χ3v) is 5.29. The number of anilines is 1. The lowest BCUT2D eigenvalue weighted by Crippen LogP contribution is -2.23. The number of amides is 1. The number of hydrogen-bond donors (Lipinski definition) is 1. The molecule has 1 unspecified atom stereocenters. The van der Waals surface area contributed by atoms with Crippen molar-refractivity contribution in [3.8, 4) is 23.1 Å². The zero-order valence-corrected chi connectivity index (χ0v) is 17.2. The summed E-state index contributed by atoms with van der Waals surface area (Å²) in [6.07, 6.45) is 1.70. The molecular formula is C22H20N4O2S. The number of hydrogen-bond acceptors (Lipinski definition) is 6. The van der Waals surface area contributed by atoms with E-state index in [1.807, 2.05) is 37.3 Å². The van der Waals surface area contributed by atoms with Crippen molar-refractivity contribution in [2.24, 2.45) is 0 Å². The number of carbonyl (C=O) groups excluding carboxylic acids is 1. The molecule has 0 radical (unpaired) electrons. The predicted molar refractivity (Wildman–Crippen MR) is 114 cm³/mol. The van der Waals surface area contributed by atoms with Gasteiger partial charge in [-0.05, 0) is 61.9 Å². The number of pyridine rings is 2. The Balaban J connectivity index is 1.78. The Hall–Kier alpha value is -3.37. The highest BCUT2D eigenvalue weighted by molar-refractivity contribution is 8.00. The smallest absolute Gasteiger partial charge is 0.238 e. The van der Waals surface area contributed by atoms with Gasteiger partial charge in [-0.15, -0.1) is 0 Å². The molecule has 2 heterocycles. The van der Waals surface area contributed by atoms with Crippen LogP contribution in [0.25, 0.3) is 11.3 Å². The van der Waals surface area contributed by atoms with Gasteiger partial charge in [0.15, 0.2) is 0 Å². The highest BCUT2D eigenvalue weighted by Gasteiger charge is 2.18. The Bertz CT molecular complexity index is 1040. The minimum atomic E-state index is -0.455. The maximum Gasteiger partial charge on any atom is 0.238 e. The Kier molecular flexibility index (Phi) is 6.47. The van der Waals surface area contributed by atoms with Gasteiger partial charge in [-0.25, -0.2) is 9.97 Å². The van der Waals surface area contributed by atoms with Crippen LogP contribution < -0.4 is 10.1 Å². The number of thioether (sulfide) groups is 1. The molecule has 29 heavy (non-hydrogen) atoms. The molecule has 0 saturated heterocycles. The lowest BCUT2D eigenvalue weighted by Gasteiger charge is -2.13. The van der Waals surface area contributed by atoms with Crippen LogP contribution in [-0.4, -0.2) is 28.2 Å². The van der Waals surface area contributed by atoms with E-state index in [4.69, 9.17) is 4.74 Å². The lowest BCUT2D eigenvalue weighted by molar-refractivity contribution is -0.115. The topological polar surface area (TPSA) is 87.9 Å². The fourth-order valence-electron chi connectivity index (χ4n) is 2.53. The van der Waals surface area contributed by atoms with Gasteiger partial charge < -0.3 is 10.1 Å². The number of rotatable bonds is 6. The van der Waals surface area contributed by atoms with Gasteiger partial charge in [-0.3, -0.25) is 4.79 Å². The summed E-state index contributed by atoms with van der Waals surface area (Å²) in [5.41, 5.74) is 3.07. The van der Waals surface area contributed by atoms with Gasteiger partial charge >= 0.3 is 0 Å². The molecule has 1 N–H and O–H groups in total. The van der Waals surface area contributed by atoms with E-state index in [0.29, 0.717) is 16.4 Å². The fourth-order valence-corrected chi connectivity index (χ4v) is 3.42. The van der Waals surface area contributed by atoms with Crippen molar-refractivity contribution in [3.63, 3.8) is 0 Å². The van der Waals surface area contributed by atoms with Crippen molar-refractivity contribution in [1.82, 2.24) is 9.97 Å². The van der Waals surface area contributed by atoms with Gasteiger partial charge in [-0.1, -0.05) is 17.8 Å². The van der Waals surface area contributed by atoms with Crippen LogP contribution in [0.2, 0.25) is 0 Å². The second-order valence-electron chi connectivity index (χ2n) is 6.36. The van der Waals surface area contributed by atoms with E-state index in [1.54, 1.807) is 38.4 Å². The van der Waals surface area contributed by atoms with Crippen LogP contribution in [0.1, 0.15) is 18.1 Å². The molecule has 0 aliphatic rings. The largest absolute Gasteiger partial charge is 0.497 e. The van der Waals surface area contributed by atoms with Crippen LogP contribution in [0.3, 0.4) is 0 Å². The number of nitriles is 1. The molecule has 0 aliphatic heterocycles. The molecule has 1 amide bonds. The second-order valence-corrected chi connectivity index (χ2v) is 7.69. The van der Waals surface area contributed by atoms with Gasteiger partial charge in [0.2, 0.25) is 5.91 Å². The summed E-state index contributed by atoms with van der Waals surface area (Å²) in [4.78, 5) is 21.3. The predicted octanol–water partition coefficient (Wildman–Crippen LogP) is 4.45. The first-order valence-corrected chi connectivity index (χ1v) is 9.84. The first-order chi connectivity index (χ1) is 14.0. The van der Waals surface area contributed by atoms with Crippen LogP contribution in [0.5, 0.6) is 5.75 Å². The molecule has 6 nitrogen and oxygen atoms in total. The van der Waals surface area contributed by atoms with Crippen molar-refractivity contribution < 1.29 is 9.53 Å². The Morgan fingerprint density at radius 3 is 2.55 bits per heavy atom. The summed E-state index contributed by atoms with van der Waals surface area (Å²) >= 11 is 1.24. The number of aryl methyl sites for hydroxylation is 1. The molecule has 0 saturated carbocycles. The van der Waals surface area contributed by atoms with Crippen molar-refractivity contribution in [2.75, 3.05) is 12.4 Å². The highest BCUT2D eigenvalue weighted by atomic mass is 32.2. The third-order valence-electron chi connectivity index (χ3n) is 4.19. The number of nitrogens with one attached hydrogen (secondary N) is 1. The average molecular weight is 404 g/mol. The van der Waals surface area contributed by atoms with Crippen molar-refractivity contribution in [3.05, 3.63) is 65.9 Å². The Morgan fingerprint density at radius 1 is 1.17 bits per heavy atom. The van der Waals surface area contributed by atoms with E-state index >= 15 is 0 Å². The standard InChI is InChI=1S/C22H20N4O2S/c1-14-4-11-20(24-13-14)26-21(27)15(2)29-22-17(12-23)7-10-19(25-22)16-5-8-18(28-3)9-6-16/h4-11,13,15H,1-3H3,(H,24,26,27). The second kappa shape index (κ2) is 9.22. The van der Waals surface area contributed by atoms with Gasteiger partial charge in [0, 0.05) is 11.8 Å². The molecule has 1 aromatic carbocycles. The number of ether oxygens (including phenoxy) is 1. The van der Waals surface area contributed by atoms with Crippen molar-refractivity contribution in [1.29, 1.82) is 5.26 Å². The van der Waals surface area contributed by atoms with Gasteiger partial charge in [-0.2, -0.15) is 5.26 Å². The van der Waals surface area contributed by atoms with Gasteiger partial charge in [0.05, 0.1) is 23.6 Å². The monoisotopic (exact) mass is 404 g/mol. The Morgan fingerprint density at radius 2 is 1.93 bits per heavy atom. The number of carbonyl (C=O) groups is 1. The molecule has 7 heteroatoms. The summed E-state index contributed by atoms with van der Waals surface area (Å²) in [5, 5.41) is 12.3. The summed E-state index contributed by atoms with van der Waals surface area (Å²) < 4.78 is 5.18. The third kappa shape index (κ3) is 5.12. The number of methoxy groups -OCH3 is 1. The number of benzene rings is 1. The SMILES string of the molecule is COc1ccc(-c2ccc(C#N)c(SC(C)C(=O)Nc3ccc(C)cn3)n2)cc1. The van der Waals surface area contributed by atoms with E-state index < -0.39 is 5.25 Å². The Labute approximate surface area is 174 Å². The molecule has 1 atom stereocenters. The maximum absolute atomic E-state index is 12.5. The maximum atomic E-state index is 12.5. The number of nitrogens with zero attached hydrogens (tertiary/aromatic N) is 3. The molecule has 3 aromatic rings. The highest BCUT2D eigenvalue weighted by Crippen LogP contribution is 2.29. The van der Waals surface area contributed by atoms with Gasteiger partial charge in [0.25, 0.3) is 0 Å². The fraction of sp³-hybridized carbons (Fsp3) is 0.182. The zero-order valence-electron chi connectivity index (χ0n) is 16.3. The summed E-state index contributed by atoms with van der Waals surface area (Å²) in [5.74, 6) is 1.05. The molecule has 0 aliphatic carbocycles. The van der Waals surface area contributed by atoms with Crippen LogP contribution in [-0.2, 0) is 4.79 Å². The van der Waals surface area contributed by atoms with Crippen LogP contribution in [0.4, 0.5) is 5.82 Å². The quantitative estimate of drug-likeness (QED) is 0.611. The molecule has 0 fully saturated rings. The molecule has 0 spiro atoms. The molecular weight excluding hydrogens is 384 g/mol. The van der Waals surface area contributed by atoms with Crippen LogP contribution in [0.15, 0.2) is 59.8 Å². The van der Waals surface area contributed by atoms with E-state index in [-0.39, 0.29) is 5.91 Å². The number of aromatic nitrogens is 2. The lowest BCUT2D eigenvalue weighted by atomic mass is 10.1. The van der Waals surface area contributed by atoms with Crippen LogP contribution >= 0.6 is 11.8 Å². The van der Waals surface area contributed by atoms with E-state index in [0.717, 1.165) is 22.6 Å². The molecule has 0 bridgehead atoms. The molecule has 146 valence electrons. The first-order valence-electron chi connectivity index (χ1n) is 8.96.